The number of hydrogen-bond donors (Lipinski definition) is 2. The first-order valence-electron chi connectivity index (χ1n) is 11.8. The van der Waals surface area contributed by atoms with Crippen molar-refractivity contribution in [3.63, 3.8) is 0 Å². The topological polar surface area (TPSA) is 103 Å². The Labute approximate surface area is 216 Å². The van der Waals surface area contributed by atoms with Gasteiger partial charge in [-0.1, -0.05) is 35.9 Å². The Kier molecular flexibility index (Phi) is 8.11. The zero-order chi connectivity index (χ0) is 25.7. The number of aliphatic hydroxyl groups is 1. The largest absolute Gasteiger partial charge is 0.491 e. The second-order valence-corrected chi connectivity index (χ2v) is 9.19. The molecule has 1 aliphatic heterocycles. The van der Waals surface area contributed by atoms with Crippen LogP contribution in [0, 0.1) is 11.3 Å². The van der Waals surface area contributed by atoms with Crippen molar-refractivity contribution >= 4 is 23.2 Å². The van der Waals surface area contributed by atoms with Gasteiger partial charge in [0.25, 0.3) is 0 Å². The lowest BCUT2D eigenvalue weighted by atomic mass is 9.97. The molecule has 2 atom stereocenters. The van der Waals surface area contributed by atoms with Crippen molar-refractivity contribution in [3.8, 4) is 11.8 Å². The summed E-state index contributed by atoms with van der Waals surface area (Å²) >= 11 is 6.70. The minimum atomic E-state index is -0.459. The quantitative estimate of drug-likeness (QED) is 0.474. The van der Waals surface area contributed by atoms with Crippen LogP contribution < -0.4 is 15.4 Å². The lowest BCUT2D eigenvalue weighted by molar-refractivity contribution is 0.1000. The third-order valence-corrected chi connectivity index (χ3v) is 6.95. The molecule has 8 heteroatoms. The van der Waals surface area contributed by atoms with Gasteiger partial charge in [0.1, 0.15) is 12.4 Å². The smallest absolute Gasteiger partial charge is 0.248 e. The second kappa shape index (κ2) is 11.4. The van der Waals surface area contributed by atoms with Crippen LogP contribution in [0.5, 0.6) is 5.75 Å². The molecule has 1 fully saturated rings. The molecule has 1 aliphatic rings. The first-order valence-corrected chi connectivity index (χ1v) is 12.2. The van der Waals surface area contributed by atoms with E-state index in [-0.39, 0.29) is 25.3 Å². The minimum Gasteiger partial charge on any atom is -0.491 e. The van der Waals surface area contributed by atoms with Gasteiger partial charge in [0.15, 0.2) is 0 Å². The van der Waals surface area contributed by atoms with E-state index in [1.54, 1.807) is 18.2 Å². The predicted octanol–water partition coefficient (Wildman–Crippen LogP) is 4.31. The van der Waals surface area contributed by atoms with E-state index in [1.807, 2.05) is 48.5 Å². The Morgan fingerprint density at radius 1 is 1.17 bits per heavy atom. The molecule has 4 rings (SSSR count). The number of nitrogens with two attached hydrogens (primary N) is 1. The minimum absolute atomic E-state index is 0.0248. The second-order valence-electron chi connectivity index (χ2n) is 8.79. The molecule has 3 N–H and O–H groups in total. The fraction of sp³-hybridized carbons (Fsp3) is 0.286. The number of ether oxygens (including phenoxy) is 1. The Morgan fingerprint density at radius 3 is 2.50 bits per heavy atom. The van der Waals surface area contributed by atoms with Gasteiger partial charge in [-0.2, -0.15) is 5.26 Å². The Bertz CT molecular complexity index is 1240. The van der Waals surface area contributed by atoms with Crippen molar-refractivity contribution in [1.29, 1.82) is 5.26 Å². The van der Waals surface area contributed by atoms with E-state index in [1.165, 1.54) is 0 Å². The van der Waals surface area contributed by atoms with Gasteiger partial charge >= 0.3 is 0 Å². The van der Waals surface area contributed by atoms with Crippen LogP contribution >= 0.6 is 11.6 Å². The van der Waals surface area contributed by atoms with Crippen molar-refractivity contribution in [2.75, 3.05) is 37.7 Å². The highest BCUT2D eigenvalue weighted by atomic mass is 35.5. The number of benzene rings is 3. The van der Waals surface area contributed by atoms with Crippen LogP contribution in [-0.4, -0.2) is 48.8 Å². The molecule has 0 saturated carbocycles. The zero-order valence-corrected chi connectivity index (χ0v) is 20.9. The van der Waals surface area contributed by atoms with Crippen molar-refractivity contribution in [1.82, 2.24) is 4.90 Å². The number of carbonyl (C=O) groups excluding carboxylic acids is 1. The molecule has 0 aromatic heterocycles. The Balaban J connectivity index is 1.64. The molecule has 0 aliphatic carbocycles. The highest BCUT2D eigenvalue weighted by molar-refractivity contribution is 6.33. The molecule has 1 heterocycles. The molecule has 3 aromatic carbocycles. The summed E-state index contributed by atoms with van der Waals surface area (Å²) in [5.74, 6) is 0.146. The third kappa shape index (κ3) is 5.63. The number of halogens is 1. The van der Waals surface area contributed by atoms with Crippen LogP contribution in [0.4, 0.5) is 5.69 Å². The van der Waals surface area contributed by atoms with E-state index in [9.17, 15) is 4.79 Å². The molecule has 0 bridgehead atoms. The number of nitriles is 1. The summed E-state index contributed by atoms with van der Waals surface area (Å²) < 4.78 is 5.51. The van der Waals surface area contributed by atoms with Gasteiger partial charge in [-0.15, -0.1) is 0 Å². The van der Waals surface area contributed by atoms with Gasteiger partial charge in [0.2, 0.25) is 5.91 Å². The summed E-state index contributed by atoms with van der Waals surface area (Å²) in [4.78, 5) is 16.3. The Morgan fingerprint density at radius 2 is 1.89 bits per heavy atom. The summed E-state index contributed by atoms with van der Waals surface area (Å²) in [7, 11) is 0. The normalized spacial score (nSPS) is 16.8. The molecule has 7 nitrogen and oxygen atoms in total. The summed E-state index contributed by atoms with van der Waals surface area (Å²) in [6.45, 7) is 4.59. The molecule has 1 amide bonds. The summed E-state index contributed by atoms with van der Waals surface area (Å²) in [6, 6.07) is 23.0. The van der Waals surface area contributed by atoms with E-state index in [4.69, 9.17) is 32.4 Å². The Hall–Kier alpha value is -3.57. The lowest BCUT2D eigenvalue weighted by Crippen LogP contribution is -2.49. The van der Waals surface area contributed by atoms with Crippen LogP contribution in [0.15, 0.2) is 66.7 Å². The van der Waals surface area contributed by atoms with Gasteiger partial charge in [-0.05, 0) is 54.4 Å². The molecular formula is C28H29ClN4O3. The number of piperazine rings is 1. The van der Waals surface area contributed by atoms with Crippen molar-refractivity contribution in [2.45, 2.75) is 19.0 Å². The van der Waals surface area contributed by atoms with Gasteiger partial charge in [-0.3, -0.25) is 9.69 Å². The first kappa shape index (κ1) is 25.5. The number of rotatable bonds is 8. The monoisotopic (exact) mass is 504 g/mol. The number of primary amides is 1. The fourth-order valence-electron chi connectivity index (χ4n) is 4.62. The zero-order valence-electron chi connectivity index (χ0n) is 20.1. The van der Waals surface area contributed by atoms with Crippen LogP contribution in [0.3, 0.4) is 0 Å². The lowest BCUT2D eigenvalue weighted by Gasteiger charge is -2.45. The standard InChI is InChI=1S/C28H29ClN4O3/c1-19(21-4-2-20(17-30)3-5-21)32-12-13-33(26-11-10-24(16-25(26)29)36-15-14-34)27(18-32)22-6-8-23(9-7-22)28(31)35/h2-11,16,19,27,34H,12-15,18H2,1H3,(H2,31,35)/t19-,27+/m1/s1. The first-order chi connectivity index (χ1) is 17.4. The van der Waals surface area contributed by atoms with Crippen LogP contribution in [0.1, 0.15) is 46.1 Å². The number of amides is 1. The van der Waals surface area contributed by atoms with Gasteiger partial charge < -0.3 is 20.5 Å². The van der Waals surface area contributed by atoms with Crippen molar-refractivity contribution in [2.24, 2.45) is 5.73 Å². The number of aliphatic hydroxyl groups excluding tert-OH is 1. The predicted molar refractivity (Wildman–Crippen MR) is 140 cm³/mol. The van der Waals surface area contributed by atoms with Crippen molar-refractivity contribution < 1.29 is 14.6 Å². The molecule has 0 radical (unpaired) electrons. The van der Waals surface area contributed by atoms with Crippen LogP contribution in [-0.2, 0) is 0 Å². The van der Waals surface area contributed by atoms with E-state index in [0.717, 1.165) is 36.4 Å². The number of anilines is 1. The average molecular weight is 505 g/mol. The highest BCUT2D eigenvalue weighted by Crippen LogP contribution is 2.38. The summed E-state index contributed by atoms with van der Waals surface area (Å²) in [5, 5.41) is 18.7. The van der Waals surface area contributed by atoms with Crippen LogP contribution in [0.2, 0.25) is 5.02 Å². The van der Waals surface area contributed by atoms with E-state index >= 15 is 0 Å². The van der Waals surface area contributed by atoms with Gasteiger partial charge in [0, 0.05) is 37.3 Å². The van der Waals surface area contributed by atoms with Crippen molar-refractivity contribution in [3.05, 3.63) is 94.0 Å². The summed E-state index contributed by atoms with van der Waals surface area (Å²) in [6.07, 6.45) is 0. The molecule has 186 valence electrons. The maximum Gasteiger partial charge on any atom is 0.248 e. The highest BCUT2D eigenvalue weighted by Gasteiger charge is 2.32. The fourth-order valence-corrected chi connectivity index (χ4v) is 4.90. The van der Waals surface area contributed by atoms with Gasteiger partial charge in [-0.25, -0.2) is 0 Å². The number of carbonyl (C=O) groups is 1. The van der Waals surface area contributed by atoms with Crippen LogP contribution in [0.25, 0.3) is 0 Å². The molecule has 0 unspecified atom stereocenters. The third-order valence-electron chi connectivity index (χ3n) is 6.65. The number of nitrogens with zero attached hydrogens (tertiary/aromatic N) is 3. The molecule has 36 heavy (non-hydrogen) atoms. The number of hydrogen-bond acceptors (Lipinski definition) is 6. The molecule has 3 aromatic rings. The van der Waals surface area contributed by atoms with E-state index in [0.29, 0.717) is 21.9 Å². The maximum absolute atomic E-state index is 11.6. The van der Waals surface area contributed by atoms with E-state index < -0.39 is 5.91 Å². The van der Waals surface area contributed by atoms with E-state index in [2.05, 4.69) is 22.8 Å². The molecule has 0 spiro atoms. The maximum atomic E-state index is 11.6. The molecule has 1 saturated heterocycles. The van der Waals surface area contributed by atoms with Gasteiger partial charge in [0.05, 0.1) is 35.0 Å². The SMILES string of the molecule is C[C@H](c1ccc(C#N)cc1)N1CCN(c2ccc(OCCO)cc2Cl)[C@H](c2ccc(C(N)=O)cc2)C1. The molecular weight excluding hydrogens is 476 g/mol. The average Bonchev–Trinajstić information content (AvgIpc) is 2.91. The summed E-state index contributed by atoms with van der Waals surface area (Å²) in [5.41, 5.74) is 9.65.